The first-order valence-electron chi connectivity index (χ1n) is 7.32. The molecule has 120 valence electrons. The largest absolute Gasteiger partial charge is 0.378 e. The molecule has 1 aromatic heterocycles. The molecule has 1 aliphatic heterocycles. The van der Waals surface area contributed by atoms with Crippen LogP contribution in [0.5, 0.6) is 0 Å². The first-order valence-corrected chi connectivity index (χ1v) is 8.76. The number of morpholine rings is 1. The molecule has 1 fully saturated rings. The fourth-order valence-electron chi connectivity index (χ4n) is 2.36. The molecule has 1 saturated heterocycles. The number of H-pyrrole nitrogens is 1. The predicted molar refractivity (Wildman–Crippen MR) is 79.4 cm³/mol. The quantitative estimate of drug-likeness (QED) is 0.807. The Kier molecular flexibility index (Phi) is 5.37. The van der Waals surface area contributed by atoms with E-state index in [1.165, 1.54) is 4.31 Å². The lowest BCUT2D eigenvalue weighted by Crippen LogP contribution is -2.48. The minimum absolute atomic E-state index is 0.113. The van der Waals surface area contributed by atoms with Crippen molar-refractivity contribution in [2.75, 3.05) is 19.8 Å². The third-order valence-electron chi connectivity index (χ3n) is 3.59. The van der Waals surface area contributed by atoms with Crippen molar-refractivity contribution < 1.29 is 13.2 Å². The molecule has 1 aliphatic rings. The monoisotopic (exact) mass is 316 g/mol. The molecule has 0 amide bonds. The Morgan fingerprint density at radius 1 is 1.57 bits per heavy atom. The lowest BCUT2D eigenvalue weighted by atomic mass is 10.2. The topological polar surface area (TPSA) is 87.3 Å². The van der Waals surface area contributed by atoms with E-state index in [4.69, 9.17) is 4.74 Å². The van der Waals surface area contributed by atoms with Gasteiger partial charge >= 0.3 is 0 Å². The maximum atomic E-state index is 12.9. The van der Waals surface area contributed by atoms with E-state index in [1.54, 1.807) is 6.20 Å². The number of hydrogen-bond donors (Lipinski definition) is 2. The number of ether oxygens (including phenoxy) is 1. The minimum atomic E-state index is -3.56. The molecule has 0 saturated carbocycles. The molecule has 1 atom stereocenters. The van der Waals surface area contributed by atoms with Crippen LogP contribution in [0.2, 0.25) is 0 Å². The number of aromatic amines is 1. The van der Waals surface area contributed by atoms with Gasteiger partial charge in [0.25, 0.3) is 10.0 Å². The van der Waals surface area contributed by atoms with Gasteiger partial charge in [0, 0.05) is 30.7 Å². The van der Waals surface area contributed by atoms with Gasteiger partial charge in [-0.25, -0.2) is 8.42 Å². The van der Waals surface area contributed by atoms with Crippen LogP contribution in [-0.2, 0) is 21.3 Å². The third kappa shape index (κ3) is 3.63. The third-order valence-corrected chi connectivity index (χ3v) is 5.56. The van der Waals surface area contributed by atoms with Crippen LogP contribution in [0.15, 0.2) is 11.2 Å². The van der Waals surface area contributed by atoms with Gasteiger partial charge < -0.3 is 10.1 Å². The van der Waals surface area contributed by atoms with E-state index in [0.29, 0.717) is 31.9 Å². The molecule has 21 heavy (non-hydrogen) atoms. The average molecular weight is 316 g/mol. The summed E-state index contributed by atoms with van der Waals surface area (Å²) in [6.45, 7) is 7.75. The van der Waals surface area contributed by atoms with Crippen LogP contribution in [-0.4, -0.2) is 54.8 Å². The molecule has 8 heteroatoms. The van der Waals surface area contributed by atoms with Gasteiger partial charge in [-0.2, -0.15) is 9.40 Å². The van der Waals surface area contributed by atoms with Crippen LogP contribution >= 0.6 is 0 Å². The van der Waals surface area contributed by atoms with Crippen molar-refractivity contribution >= 4 is 10.0 Å². The second-order valence-corrected chi connectivity index (χ2v) is 7.34. The summed E-state index contributed by atoms with van der Waals surface area (Å²) in [5.41, 5.74) is 0.671. The summed E-state index contributed by atoms with van der Waals surface area (Å²) < 4.78 is 32.6. The second-order valence-electron chi connectivity index (χ2n) is 5.51. The normalized spacial score (nSPS) is 21.0. The highest BCUT2D eigenvalue weighted by atomic mass is 32.2. The SMILES string of the molecule is CCC1COCCN1S(=O)(=O)c1[nH]ncc1CNC(C)C. The van der Waals surface area contributed by atoms with Gasteiger partial charge in [-0.15, -0.1) is 0 Å². The summed E-state index contributed by atoms with van der Waals surface area (Å²) in [5, 5.41) is 9.97. The lowest BCUT2D eigenvalue weighted by Gasteiger charge is -2.33. The molecular formula is C13H24N4O3S. The van der Waals surface area contributed by atoms with Crippen molar-refractivity contribution in [3.05, 3.63) is 11.8 Å². The Morgan fingerprint density at radius 2 is 2.33 bits per heavy atom. The van der Waals surface area contributed by atoms with E-state index in [1.807, 2.05) is 20.8 Å². The first kappa shape index (κ1) is 16.4. The average Bonchev–Trinajstić information content (AvgIpc) is 2.94. The maximum Gasteiger partial charge on any atom is 0.260 e. The fraction of sp³-hybridized carbons (Fsp3) is 0.769. The van der Waals surface area contributed by atoms with Gasteiger partial charge in [-0.1, -0.05) is 20.8 Å². The van der Waals surface area contributed by atoms with Crippen LogP contribution < -0.4 is 5.32 Å². The van der Waals surface area contributed by atoms with Crippen molar-refractivity contribution in [3.63, 3.8) is 0 Å². The summed E-state index contributed by atoms with van der Waals surface area (Å²) in [7, 11) is -3.56. The molecular weight excluding hydrogens is 292 g/mol. The van der Waals surface area contributed by atoms with Gasteiger partial charge in [0.05, 0.1) is 19.4 Å². The molecule has 0 aromatic carbocycles. The summed E-state index contributed by atoms with van der Waals surface area (Å²) >= 11 is 0. The van der Waals surface area contributed by atoms with Crippen molar-refractivity contribution in [2.45, 2.75) is 50.8 Å². The highest BCUT2D eigenvalue weighted by Crippen LogP contribution is 2.23. The molecule has 7 nitrogen and oxygen atoms in total. The first-order chi connectivity index (χ1) is 9.96. The van der Waals surface area contributed by atoms with Gasteiger partial charge in [0.1, 0.15) is 0 Å². The number of nitrogens with one attached hydrogen (secondary N) is 2. The zero-order valence-corrected chi connectivity index (χ0v) is 13.6. The Hall–Kier alpha value is -0.960. The van der Waals surface area contributed by atoms with E-state index in [2.05, 4.69) is 15.5 Å². The van der Waals surface area contributed by atoms with E-state index in [0.717, 1.165) is 6.42 Å². The van der Waals surface area contributed by atoms with Gasteiger partial charge in [0.15, 0.2) is 5.03 Å². The summed E-state index contributed by atoms with van der Waals surface area (Å²) in [4.78, 5) is 0. The van der Waals surface area contributed by atoms with Gasteiger partial charge in [-0.3, -0.25) is 5.10 Å². The Labute approximate surface area is 126 Å². The van der Waals surface area contributed by atoms with Crippen molar-refractivity contribution in [1.29, 1.82) is 0 Å². The number of nitrogens with zero attached hydrogens (tertiary/aromatic N) is 2. The van der Waals surface area contributed by atoms with Crippen molar-refractivity contribution in [2.24, 2.45) is 0 Å². The second kappa shape index (κ2) is 6.87. The number of sulfonamides is 1. The molecule has 0 spiro atoms. The van der Waals surface area contributed by atoms with E-state index >= 15 is 0 Å². The molecule has 1 aromatic rings. The molecule has 2 heterocycles. The van der Waals surface area contributed by atoms with Crippen LogP contribution in [0, 0.1) is 0 Å². The number of aromatic nitrogens is 2. The summed E-state index contributed by atoms with van der Waals surface area (Å²) in [6.07, 6.45) is 2.30. The van der Waals surface area contributed by atoms with E-state index < -0.39 is 10.0 Å². The Morgan fingerprint density at radius 3 is 3.00 bits per heavy atom. The lowest BCUT2D eigenvalue weighted by molar-refractivity contribution is 0.0313. The highest BCUT2D eigenvalue weighted by molar-refractivity contribution is 7.89. The van der Waals surface area contributed by atoms with E-state index in [9.17, 15) is 8.42 Å². The fourth-order valence-corrected chi connectivity index (χ4v) is 4.13. The predicted octanol–water partition coefficient (Wildman–Crippen LogP) is 0.707. The van der Waals surface area contributed by atoms with Crippen LogP contribution in [0.25, 0.3) is 0 Å². The summed E-state index contributed by atoms with van der Waals surface area (Å²) in [6, 6.07) is 0.167. The zero-order chi connectivity index (χ0) is 15.5. The van der Waals surface area contributed by atoms with Crippen LogP contribution in [0.4, 0.5) is 0 Å². The van der Waals surface area contributed by atoms with Gasteiger partial charge in [0.2, 0.25) is 0 Å². The standard InChI is InChI=1S/C13H24N4O3S/c1-4-12-9-20-6-5-17(12)21(18,19)13-11(8-15-16-13)7-14-10(2)3/h8,10,12,14H,4-7,9H2,1-3H3,(H,15,16). The zero-order valence-electron chi connectivity index (χ0n) is 12.8. The molecule has 0 bridgehead atoms. The molecule has 1 unspecified atom stereocenters. The molecule has 2 rings (SSSR count). The molecule has 0 radical (unpaired) electrons. The highest BCUT2D eigenvalue weighted by Gasteiger charge is 2.35. The Bertz CT molecular complexity index is 556. The van der Waals surface area contributed by atoms with Crippen LogP contribution in [0.3, 0.4) is 0 Å². The van der Waals surface area contributed by atoms with Crippen molar-refractivity contribution in [3.8, 4) is 0 Å². The molecule has 2 N–H and O–H groups in total. The van der Waals surface area contributed by atoms with E-state index in [-0.39, 0.29) is 17.1 Å². The van der Waals surface area contributed by atoms with Crippen LogP contribution in [0.1, 0.15) is 32.8 Å². The Balaban J connectivity index is 2.24. The van der Waals surface area contributed by atoms with Gasteiger partial charge in [-0.05, 0) is 6.42 Å². The number of hydrogen-bond acceptors (Lipinski definition) is 5. The maximum absolute atomic E-state index is 12.9. The minimum Gasteiger partial charge on any atom is -0.378 e. The van der Waals surface area contributed by atoms with Crippen molar-refractivity contribution in [1.82, 2.24) is 19.8 Å². The summed E-state index contributed by atoms with van der Waals surface area (Å²) in [5.74, 6) is 0. The molecule has 0 aliphatic carbocycles. The number of rotatable bonds is 6. The smallest absolute Gasteiger partial charge is 0.260 e.